The molecule has 2 fully saturated rings. The first-order valence-electron chi connectivity index (χ1n) is 19.1. The van der Waals surface area contributed by atoms with Gasteiger partial charge in [-0.2, -0.15) is 46.0 Å². The lowest BCUT2D eigenvalue weighted by atomic mass is 9.96. The summed E-state index contributed by atoms with van der Waals surface area (Å²) in [6.07, 6.45) is -2.29. The highest BCUT2D eigenvalue weighted by Gasteiger charge is 2.38. The topological polar surface area (TPSA) is 149 Å². The lowest BCUT2D eigenvalue weighted by Gasteiger charge is -2.38. The van der Waals surface area contributed by atoms with Crippen molar-refractivity contribution >= 4 is 92.4 Å². The number of nitrogens with zero attached hydrogens (tertiary/aromatic N) is 5. The molecule has 21 heteroatoms. The molecule has 2 N–H and O–H groups in total. The average molecular weight is 970 g/mol. The van der Waals surface area contributed by atoms with Gasteiger partial charge in [0.1, 0.15) is 5.60 Å². The standard InChI is InChI=1S/C22H24ClN3O3S2.C17H16ClN3OS2.C2HF3O2/c1-22(2,3)29-21(28)25-11-15(12-25)18-10-16(4-5-17-6-7-19(23)31-17)26(24-18)20(27)14-8-9-30-13-14;18-16-4-3-14(24-16)2-1-13-7-15(12-8-19-9-12)20-21(13)17(22)11-5-6-23-10-11;3-2(4,5)1(6)7/h6-10,13,15H,4-5,11-12H2,1-3H3;3-7,10,12,19H,1-2,8-9H2;(H,6,7). The fourth-order valence-electron chi connectivity index (χ4n) is 6.12. The summed E-state index contributed by atoms with van der Waals surface area (Å²) in [5.41, 5.74) is 4.49. The van der Waals surface area contributed by atoms with Crippen LogP contribution in [0.25, 0.3) is 0 Å². The average Bonchev–Trinajstić information content (AvgIpc) is 4.01. The number of aromatic nitrogens is 4. The Bertz CT molecular complexity index is 2460. The summed E-state index contributed by atoms with van der Waals surface area (Å²) in [6.45, 7) is 8.51. The largest absolute Gasteiger partial charge is 0.490 e. The van der Waals surface area contributed by atoms with Crippen molar-refractivity contribution in [1.82, 2.24) is 29.8 Å². The molecular weight excluding hydrogens is 929 g/mol. The Morgan fingerprint density at radius 3 is 1.55 bits per heavy atom. The van der Waals surface area contributed by atoms with E-state index in [1.54, 1.807) is 32.3 Å². The SMILES string of the molecule is CC(C)(C)OC(=O)N1CC(c2cc(CCc3ccc(Cl)s3)n(C(=O)c3ccsc3)n2)C1.O=C(O)C(F)(F)F.O=C(c1ccsc1)n1nc(C2CNC2)cc1CCc1ccc(Cl)s1. The van der Waals surface area contributed by atoms with E-state index in [2.05, 4.69) is 21.6 Å². The quantitative estimate of drug-likeness (QED) is 0.137. The molecule has 0 saturated carbocycles. The number of hydrogen-bond donors (Lipinski definition) is 2. The molecule has 330 valence electrons. The number of alkyl halides is 3. The number of halogens is 5. The molecule has 2 aliphatic heterocycles. The van der Waals surface area contributed by atoms with Crippen LogP contribution >= 0.6 is 68.5 Å². The third kappa shape index (κ3) is 12.6. The number of carboxylic acid groups (broad SMARTS) is 1. The molecule has 2 saturated heterocycles. The maximum absolute atomic E-state index is 13.0. The summed E-state index contributed by atoms with van der Waals surface area (Å²) in [5.74, 6) is -2.42. The number of amides is 1. The Morgan fingerprint density at radius 1 is 0.758 bits per heavy atom. The van der Waals surface area contributed by atoms with Gasteiger partial charge in [-0.3, -0.25) is 9.59 Å². The van der Waals surface area contributed by atoms with E-state index in [0.29, 0.717) is 36.6 Å². The van der Waals surface area contributed by atoms with Gasteiger partial charge < -0.3 is 20.1 Å². The van der Waals surface area contributed by atoms with E-state index in [1.165, 1.54) is 37.1 Å². The van der Waals surface area contributed by atoms with Crippen molar-refractivity contribution in [3.8, 4) is 0 Å². The fraction of sp³-hybridized carbons (Fsp3) is 0.366. The third-order valence-corrected chi connectivity index (χ3v) is 13.4. The second-order valence-corrected chi connectivity index (χ2v) is 20.4. The van der Waals surface area contributed by atoms with E-state index in [-0.39, 0.29) is 23.8 Å². The van der Waals surface area contributed by atoms with E-state index in [0.717, 1.165) is 63.8 Å². The molecule has 1 amide bonds. The molecule has 0 atom stereocenters. The van der Waals surface area contributed by atoms with Crippen LogP contribution in [0.4, 0.5) is 18.0 Å². The van der Waals surface area contributed by atoms with Crippen LogP contribution in [-0.2, 0) is 35.2 Å². The number of nitrogens with one attached hydrogen (secondary N) is 1. The van der Waals surface area contributed by atoms with Gasteiger partial charge in [0.2, 0.25) is 0 Å². The third-order valence-electron chi connectivity index (χ3n) is 9.43. The van der Waals surface area contributed by atoms with Gasteiger partial charge in [-0.1, -0.05) is 23.2 Å². The highest BCUT2D eigenvalue weighted by molar-refractivity contribution is 7.16. The molecule has 8 rings (SSSR count). The minimum Gasteiger partial charge on any atom is -0.475 e. The van der Waals surface area contributed by atoms with Crippen molar-refractivity contribution in [2.45, 2.75) is 70.1 Å². The number of thiophene rings is 4. The molecule has 12 nitrogen and oxygen atoms in total. The fourth-order valence-corrected chi connectivity index (χ4v) is 9.55. The number of ether oxygens (including phenoxy) is 1. The van der Waals surface area contributed by atoms with Gasteiger partial charge in [0.25, 0.3) is 11.8 Å². The highest BCUT2D eigenvalue weighted by atomic mass is 35.5. The lowest BCUT2D eigenvalue weighted by Crippen LogP contribution is -2.50. The zero-order valence-electron chi connectivity index (χ0n) is 33.5. The smallest absolute Gasteiger partial charge is 0.475 e. The Balaban J connectivity index is 0.000000183. The Hall–Kier alpha value is -4.37. The van der Waals surface area contributed by atoms with Crippen molar-refractivity contribution in [1.29, 1.82) is 0 Å². The number of aliphatic carboxylic acids is 1. The van der Waals surface area contributed by atoms with Crippen molar-refractivity contribution in [2.24, 2.45) is 0 Å². The van der Waals surface area contributed by atoms with Crippen molar-refractivity contribution in [3.63, 3.8) is 0 Å². The van der Waals surface area contributed by atoms with Crippen molar-refractivity contribution < 1.29 is 42.2 Å². The van der Waals surface area contributed by atoms with Crippen molar-refractivity contribution in [3.05, 3.63) is 122 Å². The second kappa shape index (κ2) is 20.4. The van der Waals surface area contributed by atoms with E-state index in [9.17, 15) is 27.6 Å². The van der Waals surface area contributed by atoms with Crippen LogP contribution in [0.3, 0.4) is 0 Å². The Labute approximate surface area is 380 Å². The van der Waals surface area contributed by atoms with E-state index in [4.69, 9.17) is 37.8 Å². The summed E-state index contributed by atoms with van der Waals surface area (Å²) < 4.78 is 41.8. The predicted octanol–water partition coefficient (Wildman–Crippen LogP) is 9.92. The number of aryl methyl sites for hydroxylation is 4. The number of carbonyl (C=O) groups is 4. The Morgan fingerprint density at radius 2 is 1.21 bits per heavy atom. The van der Waals surface area contributed by atoms with E-state index < -0.39 is 17.7 Å². The van der Waals surface area contributed by atoms with Gasteiger partial charge in [-0.25, -0.2) is 19.0 Å². The minimum absolute atomic E-state index is 0.0472. The van der Waals surface area contributed by atoms with Crippen LogP contribution in [0.5, 0.6) is 0 Å². The van der Waals surface area contributed by atoms with Gasteiger partial charge in [-0.05, 0) is 106 Å². The lowest BCUT2D eigenvalue weighted by molar-refractivity contribution is -0.192. The minimum atomic E-state index is -5.08. The van der Waals surface area contributed by atoms with Gasteiger partial charge >= 0.3 is 18.2 Å². The molecule has 2 aliphatic rings. The first-order chi connectivity index (χ1) is 29.3. The van der Waals surface area contributed by atoms with Crippen LogP contribution in [0.1, 0.15) is 85.9 Å². The number of carboxylic acids is 1. The predicted molar refractivity (Wildman–Crippen MR) is 236 cm³/mol. The number of hydrogen-bond acceptors (Lipinski definition) is 12. The molecule has 0 aromatic carbocycles. The molecule has 0 unspecified atom stereocenters. The summed E-state index contributed by atoms with van der Waals surface area (Å²) in [6, 6.07) is 15.6. The number of rotatable bonds is 10. The van der Waals surface area contributed by atoms with Gasteiger partial charge in [0.05, 0.1) is 31.2 Å². The van der Waals surface area contributed by atoms with Gasteiger partial charge in [-0.15, -0.1) is 22.7 Å². The van der Waals surface area contributed by atoms with E-state index >= 15 is 0 Å². The first-order valence-corrected chi connectivity index (χ1v) is 23.4. The first kappa shape index (κ1) is 47.1. The molecule has 0 spiro atoms. The Kier molecular flexibility index (Phi) is 15.5. The van der Waals surface area contributed by atoms with Gasteiger partial charge in [0.15, 0.2) is 0 Å². The zero-order chi connectivity index (χ0) is 44.8. The van der Waals surface area contributed by atoms with Crippen molar-refractivity contribution in [2.75, 3.05) is 26.2 Å². The zero-order valence-corrected chi connectivity index (χ0v) is 38.3. The molecule has 0 bridgehead atoms. The maximum Gasteiger partial charge on any atom is 0.490 e. The molecule has 0 aliphatic carbocycles. The molecule has 6 aromatic rings. The summed E-state index contributed by atoms with van der Waals surface area (Å²) in [4.78, 5) is 51.0. The summed E-state index contributed by atoms with van der Waals surface area (Å²) in [5, 5.41) is 27.2. The van der Waals surface area contributed by atoms with Crippen LogP contribution in [-0.4, -0.2) is 91.4 Å². The van der Waals surface area contributed by atoms with Crippen LogP contribution in [0.2, 0.25) is 8.67 Å². The highest BCUT2D eigenvalue weighted by Crippen LogP contribution is 2.30. The van der Waals surface area contributed by atoms with Crippen LogP contribution in [0, 0.1) is 0 Å². The van der Waals surface area contributed by atoms with Crippen LogP contribution < -0.4 is 5.32 Å². The number of carbonyl (C=O) groups excluding carboxylic acids is 3. The van der Waals surface area contributed by atoms with E-state index in [1.807, 2.05) is 84.8 Å². The molecule has 6 aromatic heterocycles. The summed E-state index contributed by atoms with van der Waals surface area (Å²) in [7, 11) is 0. The molecular formula is C41H41Cl2F3N6O6S4. The molecule has 62 heavy (non-hydrogen) atoms. The molecule has 0 radical (unpaired) electrons. The monoisotopic (exact) mass is 968 g/mol. The normalized spacial score (nSPS) is 14.2. The maximum atomic E-state index is 13.0. The van der Waals surface area contributed by atoms with Crippen LogP contribution in [0.15, 0.2) is 70.1 Å². The number of likely N-dealkylation sites (tertiary alicyclic amines) is 1. The molecule has 8 heterocycles. The second-order valence-electron chi connectivity index (χ2n) is 15.2. The summed E-state index contributed by atoms with van der Waals surface area (Å²) >= 11 is 18.2. The van der Waals surface area contributed by atoms with Gasteiger partial charge in [0, 0.05) is 69.9 Å².